The summed E-state index contributed by atoms with van der Waals surface area (Å²) in [6.07, 6.45) is -4.75. The number of pyridine rings is 1. The maximum Gasteiger partial charge on any atom is 0.416 e. The Bertz CT molecular complexity index is 1670. The molecule has 3 aromatic heterocycles. The molecule has 1 unspecified atom stereocenters. The van der Waals surface area contributed by atoms with E-state index in [0.29, 0.717) is 9.59 Å². The van der Waals surface area contributed by atoms with Crippen molar-refractivity contribution in [3.63, 3.8) is 0 Å². The van der Waals surface area contributed by atoms with Crippen LogP contribution in [0.25, 0.3) is 17.1 Å². The van der Waals surface area contributed by atoms with E-state index in [4.69, 9.17) is 17.3 Å². The minimum Gasteiger partial charge on any atom is -0.382 e. The Morgan fingerprint density at radius 3 is 2.55 bits per heavy atom. The Labute approximate surface area is 237 Å². The van der Waals surface area contributed by atoms with Crippen molar-refractivity contribution in [2.75, 3.05) is 11.4 Å². The summed E-state index contributed by atoms with van der Waals surface area (Å²) in [5, 5.41) is 18.4. The molecule has 1 aliphatic heterocycles. The van der Waals surface area contributed by atoms with Crippen molar-refractivity contribution in [1.29, 1.82) is 0 Å². The Hall–Kier alpha value is -4.38. The average Bonchev–Trinajstić information content (AvgIpc) is 3.61. The van der Waals surface area contributed by atoms with Crippen molar-refractivity contribution in [3.05, 3.63) is 70.4 Å². The number of alkyl halides is 5. The van der Waals surface area contributed by atoms with Gasteiger partial charge in [0.1, 0.15) is 24.6 Å². The quantitative estimate of drug-likeness (QED) is 0.287. The number of carbonyl (C=O) groups excluding carboxylic acids is 1. The Morgan fingerprint density at radius 1 is 1.17 bits per heavy atom. The van der Waals surface area contributed by atoms with Gasteiger partial charge in [-0.25, -0.2) is 27.9 Å². The molecule has 42 heavy (non-hydrogen) atoms. The van der Waals surface area contributed by atoms with Gasteiger partial charge < -0.3 is 15.7 Å². The molecule has 1 fully saturated rings. The van der Waals surface area contributed by atoms with Crippen LogP contribution in [0.15, 0.2) is 53.8 Å². The van der Waals surface area contributed by atoms with Crippen LogP contribution in [0.5, 0.6) is 0 Å². The van der Waals surface area contributed by atoms with E-state index in [2.05, 4.69) is 20.2 Å². The van der Waals surface area contributed by atoms with Gasteiger partial charge in [0, 0.05) is 23.2 Å². The fourth-order valence-electron chi connectivity index (χ4n) is 4.54. The van der Waals surface area contributed by atoms with Crippen LogP contribution in [-0.4, -0.2) is 75.9 Å². The summed E-state index contributed by atoms with van der Waals surface area (Å²) in [7, 11) is 0. The molecule has 18 heteroatoms. The lowest BCUT2D eigenvalue weighted by Gasteiger charge is -2.25. The first-order chi connectivity index (χ1) is 19.7. The highest BCUT2D eigenvalue weighted by Gasteiger charge is 2.48. The molecule has 2 atom stereocenters. The fraction of sp³-hybridized carbons (Fsp3) is 0.333. The normalized spacial score (nSPS) is 17.5. The number of nitrogens with zero attached hydrogens (tertiary/aromatic N) is 8. The first-order valence-corrected chi connectivity index (χ1v) is 12.6. The van der Waals surface area contributed by atoms with Gasteiger partial charge in [-0.3, -0.25) is 14.3 Å². The number of benzene rings is 1. The van der Waals surface area contributed by atoms with Crippen LogP contribution in [0.1, 0.15) is 12.2 Å². The number of hydrogen-bond acceptors (Lipinski definition) is 8. The van der Waals surface area contributed by atoms with Crippen molar-refractivity contribution in [1.82, 2.24) is 34.1 Å². The second kappa shape index (κ2) is 10.8. The number of carbonyl (C=O) groups is 1. The summed E-state index contributed by atoms with van der Waals surface area (Å²) in [6.45, 7) is -2.30. The van der Waals surface area contributed by atoms with Crippen LogP contribution >= 0.6 is 11.6 Å². The summed E-state index contributed by atoms with van der Waals surface area (Å²) < 4.78 is 70.4. The van der Waals surface area contributed by atoms with Crippen molar-refractivity contribution < 1.29 is 31.9 Å². The molecule has 0 radical (unpaired) electrons. The van der Waals surface area contributed by atoms with Gasteiger partial charge >= 0.3 is 11.9 Å². The van der Waals surface area contributed by atoms with Crippen LogP contribution in [0.4, 0.5) is 27.6 Å². The van der Waals surface area contributed by atoms with E-state index in [1.165, 1.54) is 53.7 Å². The second-order valence-corrected chi connectivity index (χ2v) is 9.95. The summed E-state index contributed by atoms with van der Waals surface area (Å²) in [6, 6.07) is 5.93. The number of anilines is 1. The zero-order valence-electron chi connectivity index (χ0n) is 21.3. The van der Waals surface area contributed by atoms with E-state index in [-0.39, 0.29) is 28.6 Å². The zero-order chi connectivity index (χ0) is 30.4. The maximum atomic E-state index is 14.2. The lowest BCUT2D eigenvalue weighted by atomic mass is 10.2. The number of aromatic nitrogens is 7. The molecule has 222 valence electrons. The van der Waals surface area contributed by atoms with Gasteiger partial charge in [-0.15, -0.1) is 10.2 Å². The lowest BCUT2D eigenvalue weighted by molar-refractivity contribution is -0.207. The fourth-order valence-corrected chi connectivity index (χ4v) is 4.67. The van der Waals surface area contributed by atoms with Gasteiger partial charge in [0.25, 0.3) is 5.92 Å². The average molecular weight is 614 g/mol. The molecular formula is C24H21ClF5N9O3. The topological polar surface area (TPSA) is 150 Å². The molecule has 0 bridgehead atoms. The Balaban J connectivity index is 1.48. The predicted molar refractivity (Wildman–Crippen MR) is 137 cm³/mol. The summed E-state index contributed by atoms with van der Waals surface area (Å²) in [5.74, 6) is -4.29. The molecule has 12 nitrogen and oxygen atoms in total. The Morgan fingerprint density at radius 2 is 1.88 bits per heavy atom. The summed E-state index contributed by atoms with van der Waals surface area (Å²) >= 11 is 5.90. The van der Waals surface area contributed by atoms with Crippen molar-refractivity contribution in [2.45, 2.75) is 43.8 Å². The highest BCUT2D eigenvalue weighted by Crippen LogP contribution is 2.37. The number of aliphatic hydroxyl groups is 1. The van der Waals surface area contributed by atoms with Crippen LogP contribution in [-0.2, 0) is 17.9 Å². The number of aliphatic hydroxyl groups excluding tert-OH is 1. The van der Waals surface area contributed by atoms with Crippen LogP contribution in [0.2, 0.25) is 5.02 Å². The van der Waals surface area contributed by atoms with Crippen molar-refractivity contribution in [2.24, 2.45) is 5.73 Å². The van der Waals surface area contributed by atoms with Crippen LogP contribution in [0.3, 0.4) is 0 Å². The third kappa shape index (κ3) is 5.82. The van der Waals surface area contributed by atoms with Crippen LogP contribution < -0.4 is 16.3 Å². The predicted octanol–water partition coefficient (Wildman–Crippen LogP) is 2.01. The minimum absolute atomic E-state index is 0.0196. The van der Waals surface area contributed by atoms with E-state index in [1.807, 2.05) is 0 Å². The van der Waals surface area contributed by atoms with E-state index in [9.17, 15) is 36.6 Å². The first-order valence-electron chi connectivity index (χ1n) is 12.2. The maximum absolute atomic E-state index is 14.2. The summed E-state index contributed by atoms with van der Waals surface area (Å²) in [5.41, 5.74) is 4.99. The molecule has 1 amide bonds. The molecule has 0 aliphatic carbocycles. The third-order valence-corrected chi connectivity index (χ3v) is 6.77. The molecule has 1 saturated heterocycles. The minimum atomic E-state index is -4.99. The van der Waals surface area contributed by atoms with E-state index in [1.54, 1.807) is 0 Å². The van der Waals surface area contributed by atoms with Gasteiger partial charge in [-0.1, -0.05) is 11.6 Å². The monoisotopic (exact) mass is 613 g/mol. The van der Waals surface area contributed by atoms with E-state index in [0.717, 1.165) is 9.58 Å². The third-order valence-electron chi connectivity index (χ3n) is 6.52. The largest absolute Gasteiger partial charge is 0.416 e. The molecule has 0 saturated carbocycles. The molecular weight excluding hydrogens is 593 g/mol. The lowest BCUT2D eigenvalue weighted by Crippen LogP contribution is -2.40. The van der Waals surface area contributed by atoms with Crippen molar-refractivity contribution in [3.8, 4) is 17.1 Å². The molecule has 1 aliphatic rings. The standard InChI is InChI=1S/C24H21ClF5N9O3/c25-14-3-1-13(2-4-14)21-35-38(22(42)36(21)9-18(40)24(28,29)30)10-19-33-12-39(34-19)17-8-32-6-5-15(17)37-11-23(26,27)7-16(37)20(31)41/h1-6,8,12,16,18,40H,7,9-11H2,(H2,31,41)/t16-,18?/m1/s1. The number of amides is 1. The zero-order valence-corrected chi connectivity index (χ0v) is 22.0. The second-order valence-electron chi connectivity index (χ2n) is 9.51. The number of rotatable bonds is 8. The van der Waals surface area contributed by atoms with Crippen molar-refractivity contribution >= 4 is 23.2 Å². The smallest absolute Gasteiger partial charge is 0.382 e. The first kappa shape index (κ1) is 29.1. The van der Waals surface area contributed by atoms with Gasteiger partial charge in [-0.05, 0) is 30.3 Å². The van der Waals surface area contributed by atoms with Gasteiger partial charge in [0.2, 0.25) is 5.91 Å². The van der Waals surface area contributed by atoms with Gasteiger partial charge in [-0.2, -0.15) is 13.2 Å². The molecule has 5 rings (SSSR count). The highest BCUT2D eigenvalue weighted by atomic mass is 35.5. The molecule has 0 spiro atoms. The number of primary amides is 1. The number of hydrogen-bond donors (Lipinski definition) is 2. The SMILES string of the molecule is NC(=O)[C@H]1CC(F)(F)CN1c1ccncc1-n1cnc(Cn2nc(-c3ccc(Cl)cc3)n(CC(O)C(F)(F)F)c2=O)n1. The molecule has 4 heterocycles. The number of halogens is 6. The van der Waals surface area contributed by atoms with Gasteiger partial charge in [0.15, 0.2) is 17.8 Å². The molecule has 1 aromatic carbocycles. The highest BCUT2D eigenvalue weighted by molar-refractivity contribution is 6.30. The summed E-state index contributed by atoms with van der Waals surface area (Å²) in [4.78, 5) is 34.3. The van der Waals surface area contributed by atoms with Gasteiger partial charge in [0.05, 0.1) is 25.0 Å². The molecule has 4 aromatic rings. The van der Waals surface area contributed by atoms with E-state index >= 15 is 0 Å². The van der Waals surface area contributed by atoms with Crippen LogP contribution in [0, 0.1) is 0 Å². The van der Waals surface area contributed by atoms with E-state index < -0.39 is 61.9 Å². The Kier molecular flexibility index (Phi) is 7.48. The number of nitrogens with two attached hydrogens (primary N) is 1. The molecule has 3 N–H and O–H groups in total.